The van der Waals surface area contributed by atoms with Crippen LogP contribution in [0.1, 0.15) is 72.1 Å². The monoisotopic (exact) mass is 351 g/mol. The molecule has 8 nitrogen and oxygen atoms in total. The number of rotatable bonds is 12. The van der Waals surface area contributed by atoms with E-state index in [2.05, 4.69) is 0 Å². The highest BCUT2D eigenvalue weighted by atomic mass is 16.4. The summed E-state index contributed by atoms with van der Waals surface area (Å²) < 4.78 is 0. The van der Waals surface area contributed by atoms with Crippen LogP contribution in [0.15, 0.2) is 0 Å². The van der Waals surface area contributed by atoms with E-state index in [0.29, 0.717) is 0 Å². The molecule has 0 radical (unpaired) electrons. The van der Waals surface area contributed by atoms with Crippen LogP contribution >= 0.6 is 0 Å². The summed E-state index contributed by atoms with van der Waals surface area (Å²) in [6, 6.07) is 0. The molecule has 0 saturated carbocycles. The third kappa shape index (κ3) is 17.1. The number of carboxylic acid groups (broad SMARTS) is 2. The van der Waals surface area contributed by atoms with E-state index in [9.17, 15) is 9.59 Å². The molecule has 3 atom stereocenters. The first kappa shape index (κ1) is 25.0. The fourth-order valence-corrected chi connectivity index (χ4v) is 2.20. The highest BCUT2D eigenvalue weighted by Gasteiger charge is 2.20. The quantitative estimate of drug-likeness (QED) is 0.264. The first-order valence-corrected chi connectivity index (χ1v) is 8.34. The van der Waals surface area contributed by atoms with E-state index in [0.717, 1.165) is 38.5 Å². The fraction of sp³-hybridized carbons (Fsp3) is 0.875. The van der Waals surface area contributed by atoms with Gasteiger partial charge in [0, 0.05) is 12.8 Å². The lowest BCUT2D eigenvalue weighted by Gasteiger charge is -2.30. The molecule has 0 amide bonds. The van der Waals surface area contributed by atoms with Crippen molar-refractivity contribution >= 4 is 11.9 Å². The van der Waals surface area contributed by atoms with Gasteiger partial charge >= 0.3 is 11.9 Å². The van der Waals surface area contributed by atoms with Gasteiger partial charge in [-0.2, -0.15) is 0 Å². The molecule has 144 valence electrons. The zero-order chi connectivity index (χ0) is 19.1. The van der Waals surface area contributed by atoms with Gasteiger partial charge in [-0.25, -0.2) is 4.90 Å². The van der Waals surface area contributed by atoms with E-state index < -0.39 is 30.6 Å². The molecule has 0 aliphatic rings. The van der Waals surface area contributed by atoms with Crippen LogP contribution in [0.25, 0.3) is 0 Å². The molecular weight excluding hydrogens is 318 g/mol. The van der Waals surface area contributed by atoms with Crippen molar-refractivity contribution < 1.29 is 35.1 Å². The topological polar surface area (TPSA) is 139 Å². The van der Waals surface area contributed by atoms with Crippen LogP contribution in [0.5, 0.6) is 0 Å². The Morgan fingerprint density at radius 2 is 0.917 bits per heavy atom. The lowest BCUT2D eigenvalue weighted by atomic mass is 10.1. The van der Waals surface area contributed by atoms with Crippen LogP contribution in [-0.2, 0) is 9.59 Å². The highest BCUT2D eigenvalue weighted by molar-refractivity contribution is 5.66. The smallest absolute Gasteiger partial charge is 0.303 e. The van der Waals surface area contributed by atoms with Crippen molar-refractivity contribution in [2.45, 2.75) is 90.8 Å². The van der Waals surface area contributed by atoms with E-state index in [1.807, 2.05) is 0 Å². The maximum absolute atomic E-state index is 10.1. The summed E-state index contributed by atoms with van der Waals surface area (Å²) in [7, 11) is 0. The molecule has 0 saturated heterocycles. The van der Waals surface area contributed by atoms with Crippen molar-refractivity contribution in [1.29, 1.82) is 0 Å². The number of aliphatic carboxylic acids is 2. The molecule has 0 aliphatic carbocycles. The molecule has 0 aromatic rings. The van der Waals surface area contributed by atoms with Crippen molar-refractivity contribution in [3.05, 3.63) is 0 Å². The van der Waals surface area contributed by atoms with Crippen LogP contribution < -0.4 is 0 Å². The molecule has 0 fully saturated rings. The zero-order valence-electron chi connectivity index (χ0n) is 14.9. The van der Waals surface area contributed by atoms with Crippen molar-refractivity contribution in [1.82, 2.24) is 4.90 Å². The summed E-state index contributed by atoms with van der Waals surface area (Å²) in [5.74, 6) is -1.48. The Morgan fingerprint density at radius 3 is 1.08 bits per heavy atom. The van der Waals surface area contributed by atoms with Crippen LogP contribution in [0.2, 0.25) is 0 Å². The number of nitrogens with zero attached hydrogens (tertiary/aromatic N) is 1. The van der Waals surface area contributed by atoms with Gasteiger partial charge in [-0.1, -0.05) is 25.7 Å². The van der Waals surface area contributed by atoms with Gasteiger partial charge in [0.15, 0.2) is 0 Å². The van der Waals surface area contributed by atoms with Gasteiger partial charge in [0.2, 0.25) is 0 Å². The number of hydrogen-bond donors (Lipinski definition) is 5. The number of aliphatic hydroxyl groups is 3. The van der Waals surface area contributed by atoms with Gasteiger partial charge in [-0.3, -0.25) is 9.59 Å². The van der Waals surface area contributed by atoms with E-state index in [1.165, 1.54) is 25.7 Å². The second-order valence-corrected chi connectivity index (χ2v) is 5.75. The Bertz CT molecular complexity index is 293. The minimum atomic E-state index is -0.833. The third-order valence-corrected chi connectivity index (χ3v) is 3.33. The zero-order valence-corrected chi connectivity index (χ0v) is 14.9. The SMILES string of the molecule is CC(O)N(C(C)O)C(C)O.O=C(O)CCCCCCCCC(=O)O. The standard InChI is InChI=1S/C10H18O4.C6H15NO3/c11-9(12)7-5-3-1-2-4-6-8-10(13)14;1-4(8)7(5(2)9)6(3)10/h1-8H2,(H,11,12)(H,13,14);4-6,8-10H,1-3H3. The van der Waals surface area contributed by atoms with Crippen molar-refractivity contribution in [2.75, 3.05) is 0 Å². The van der Waals surface area contributed by atoms with E-state index in [4.69, 9.17) is 25.5 Å². The normalized spacial score (nSPS) is 14.5. The Morgan fingerprint density at radius 1 is 0.667 bits per heavy atom. The van der Waals surface area contributed by atoms with Gasteiger partial charge in [0.05, 0.1) is 0 Å². The number of hydrogen-bond acceptors (Lipinski definition) is 6. The molecule has 8 heteroatoms. The van der Waals surface area contributed by atoms with Crippen molar-refractivity contribution in [3.63, 3.8) is 0 Å². The molecule has 24 heavy (non-hydrogen) atoms. The highest BCUT2D eigenvalue weighted by Crippen LogP contribution is 2.08. The average molecular weight is 351 g/mol. The predicted molar refractivity (Wildman–Crippen MR) is 89.1 cm³/mol. The van der Waals surface area contributed by atoms with Gasteiger partial charge in [-0.05, 0) is 33.6 Å². The number of carboxylic acids is 2. The molecule has 0 spiro atoms. The molecule has 0 aromatic carbocycles. The first-order valence-electron chi connectivity index (χ1n) is 8.34. The van der Waals surface area contributed by atoms with Crippen LogP contribution in [-0.4, -0.2) is 61.1 Å². The van der Waals surface area contributed by atoms with Crippen molar-refractivity contribution in [3.8, 4) is 0 Å². The maximum Gasteiger partial charge on any atom is 0.303 e. The first-order chi connectivity index (χ1) is 11.1. The van der Waals surface area contributed by atoms with Crippen LogP contribution in [0.4, 0.5) is 0 Å². The summed E-state index contributed by atoms with van der Waals surface area (Å²) in [5, 5.41) is 43.6. The van der Waals surface area contributed by atoms with E-state index >= 15 is 0 Å². The minimum absolute atomic E-state index is 0.245. The molecule has 0 aromatic heterocycles. The Labute approximate surface area is 143 Å². The van der Waals surface area contributed by atoms with Gasteiger partial charge in [-0.15, -0.1) is 0 Å². The lowest BCUT2D eigenvalue weighted by molar-refractivity contribution is -0.159. The molecule has 3 unspecified atom stereocenters. The molecule has 0 rings (SSSR count). The average Bonchev–Trinajstić information content (AvgIpc) is 2.40. The summed E-state index contributed by atoms with van der Waals surface area (Å²) in [4.78, 5) is 21.5. The van der Waals surface area contributed by atoms with Crippen molar-refractivity contribution in [2.24, 2.45) is 0 Å². The lowest BCUT2D eigenvalue weighted by Crippen LogP contribution is -2.45. The summed E-state index contributed by atoms with van der Waals surface area (Å²) >= 11 is 0. The van der Waals surface area contributed by atoms with Crippen LogP contribution in [0.3, 0.4) is 0 Å². The molecular formula is C16H33NO7. The Balaban J connectivity index is 0. The number of carbonyl (C=O) groups is 2. The van der Waals surface area contributed by atoms with Gasteiger partial charge in [0.1, 0.15) is 18.7 Å². The molecule has 5 N–H and O–H groups in total. The Kier molecular flexibility index (Phi) is 16.0. The summed E-state index contributed by atoms with van der Waals surface area (Å²) in [6.07, 6.45) is 3.32. The largest absolute Gasteiger partial charge is 0.481 e. The fourth-order valence-electron chi connectivity index (χ4n) is 2.20. The molecule has 0 bridgehead atoms. The number of aliphatic hydroxyl groups excluding tert-OH is 3. The summed E-state index contributed by atoms with van der Waals surface area (Å²) in [5.41, 5.74) is 0. The third-order valence-electron chi connectivity index (χ3n) is 3.33. The second kappa shape index (κ2) is 15.3. The second-order valence-electron chi connectivity index (χ2n) is 5.75. The molecule has 0 heterocycles. The number of unbranched alkanes of at least 4 members (excludes halogenated alkanes) is 5. The minimum Gasteiger partial charge on any atom is -0.481 e. The maximum atomic E-state index is 10.1. The van der Waals surface area contributed by atoms with Crippen LogP contribution in [0, 0.1) is 0 Å². The van der Waals surface area contributed by atoms with Gasteiger partial charge in [0.25, 0.3) is 0 Å². The van der Waals surface area contributed by atoms with Gasteiger partial charge < -0.3 is 25.5 Å². The predicted octanol–water partition coefficient (Wildman–Crippen LogP) is 1.58. The Hall–Kier alpha value is -1.22. The van der Waals surface area contributed by atoms with E-state index in [-0.39, 0.29) is 12.8 Å². The summed E-state index contributed by atoms with van der Waals surface area (Å²) in [6.45, 7) is 4.46. The molecule has 0 aliphatic heterocycles. The van der Waals surface area contributed by atoms with E-state index in [1.54, 1.807) is 0 Å².